The van der Waals surface area contributed by atoms with Gasteiger partial charge in [0.2, 0.25) is 0 Å². The highest BCUT2D eigenvalue weighted by Gasteiger charge is 2.13. The second-order valence-corrected chi connectivity index (χ2v) is 6.18. The third-order valence-electron chi connectivity index (χ3n) is 3.04. The average molecular weight is 377 g/mol. The summed E-state index contributed by atoms with van der Waals surface area (Å²) in [4.78, 5) is 28.0. The predicted octanol–water partition coefficient (Wildman–Crippen LogP) is 3.96. The van der Waals surface area contributed by atoms with E-state index in [1.807, 2.05) is 0 Å². The van der Waals surface area contributed by atoms with Crippen LogP contribution < -0.4 is 16.0 Å². The average Bonchev–Trinajstić information content (AvgIpc) is 3.24. The number of amides is 3. The Morgan fingerprint density at radius 3 is 2.84 bits per heavy atom. The summed E-state index contributed by atoms with van der Waals surface area (Å²) in [6, 6.07) is 9.79. The number of aromatic nitrogens is 1. The molecule has 0 fully saturated rings. The summed E-state index contributed by atoms with van der Waals surface area (Å²) in [7, 11) is 0. The normalized spacial score (nSPS) is 10.3. The Bertz CT molecular complexity index is 879. The fourth-order valence-corrected chi connectivity index (χ4v) is 2.81. The van der Waals surface area contributed by atoms with Gasteiger partial charge in [0.15, 0.2) is 5.13 Å². The van der Waals surface area contributed by atoms with E-state index in [0.29, 0.717) is 21.6 Å². The van der Waals surface area contributed by atoms with E-state index in [1.54, 1.807) is 41.8 Å². The van der Waals surface area contributed by atoms with Crippen LogP contribution in [0.5, 0.6) is 0 Å². The molecule has 0 saturated carbocycles. The number of hydrogen-bond acceptors (Lipinski definition) is 5. The van der Waals surface area contributed by atoms with Gasteiger partial charge in [-0.1, -0.05) is 17.7 Å². The first-order valence-electron chi connectivity index (χ1n) is 7.20. The molecule has 0 saturated heterocycles. The Balaban J connectivity index is 1.53. The van der Waals surface area contributed by atoms with E-state index in [4.69, 9.17) is 16.0 Å². The first-order chi connectivity index (χ1) is 12.1. The van der Waals surface area contributed by atoms with Crippen LogP contribution in [0.1, 0.15) is 16.2 Å². The summed E-state index contributed by atoms with van der Waals surface area (Å²) in [5.74, 6) is 0.291. The number of urea groups is 1. The lowest BCUT2D eigenvalue weighted by molar-refractivity contribution is 0.0944. The molecule has 0 atom stereocenters. The van der Waals surface area contributed by atoms with Crippen molar-refractivity contribution in [2.24, 2.45) is 0 Å². The first kappa shape index (κ1) is 17.0. The maximum Gasteiger partial charge on any atom is 0.325 e. The number of anilines is 2. The van der Waals surface area contributed by atoms with Gasteiger partial charge in [-0.3, -0.25) is 10.1 Å². The molecule has 3 amide bonds. The van der Waals surface area contributed by atoms with E-state index >= 15 is 0 Å². The van der Waals surface area contributed by atoms with E-state index in [1.165, 1.54) is 6.26 Å². The Morgan fingerprint density at radius 1 is 1.20 bits per heavy atom. The molecule has 0 aliphatic heterocycles. The van der Waals surface area contributed by atoms with Crippen LogP contribution in [-0.2, 0) is 6.54 Å². The Kier molecular flexibility index (Phi) is 5.32. The van der Waals surface area contributed by atoms with Crippen molar-refractivity contribution in [1.82, 2.24) is 10.3 Å². The van der Waals surface area contributed by atoms with Gasteiger partial charge in [0.25, 0.3) is 5.91 Å². The molecule has 0 aliphatic carbocycles. The van der Waals surface area contributed by atoms with E-state index in [-0.39, 0.29) is 18.1 Å². The number of furan rings is 1. The van der Waals surface area contributed by atoms with Crippen molar-refractivity contribution in [3.05, 3.63) is 64.5 Å². The number of thiazole rings is 1. The zero-order chi connectivity index (χ0) is 17.6. The molecule has 0 spiro atoms. The molecular weight excluding hydrogens is 364 g/mol. The number of carbonyl (C=O) groups is 2. The maximum atomic E-state index is 12.0. The predicted molar refractivity (Wildman–Crippen MR) is 96.1 cm³/mol. The topological polar surface area (TPSA) is 96.3 Å². The van der Waals surface area contributed by atoms with Crippen molar-refractivity contribution >= 4 is 45.7 Å². The molecule has 1 aromatic carbocycles. The molecule has 2 aromatic heterocycles. The van der Waals surface area contributed by atoms with Gasteiger partial charge in [-0.05, 0) is 30.3 Å². The maximum absolute atomic E-state index is 12.0. The van der Waals surface area contributed by atoms with Crippen LogP contribution in [-0.4, -0.2) is 16.9 Å². The van der Waals surface area contributed by atoms with Crippen LogP contribution in [0.15, 0.2) is 52.5 Å². The minimum Gasteiger partial charge on any atom is -0.467 e. The van der Waals surface area contributed by atoms with E-state index in [2.05, 4.69) is 20.9 Å². The second-order valence-electron chi connectivity index (χ2n) is 4.89. The lowest BCUT2D eigenvalue weighted by Crippen LogP contribution is -2.23. The smallest absolute Gasteiger partial charge is 0.325 e. The van der Waals surface area contributed by atoms with Crippen molar-refractivity contribution < 1.29 is 14.0 Å². The standard InChI is InChI=1S/C16H13ClN4O3S/c17-10-3-1-4-11(7-10)19-15(23)21-16-20-13(9-25-16)14(22)18-8-12-5-2-6-24-12/h1-7,9H,8H2,(H,18,22)(H2,19,20,21,23). The van der Waals surface area contributed by atoms with Crippen LogP contribution in [0, 0.1) is 0 Å². The van der Waals surface area contributed by atoms with Crippen molar-refractivity contribution in [2.45, 2.75) is 6.54 Å². The highest BCUT2D eigenvalue weighted by Crippen LogP contribution is 2.18. The molecule has 0 aliphatic rings. The van der Waals surface area contributed by atoms with Gasteiger partial charge < -0.3 is 15.1 Å². The number of rotatable bonds is 5. The molecule has 0 bridgehead atoms. The minimum atomic E-state index is -0.473. The Labute approximate surface area is 152 Å². The fraction of sp³-hybridized carbons (Fsp3) is 0.0625. The monoisotopic (exact) mass is 376 g/mol. The summed E-state index contributed by atoms with van der Waals surface area (Å²) >= 11 is 7.01. The molecule has 9 heteroatoms. The molecule has 0 unspecified atom stereocenters. The van der Waals surface area contributed by atoms with Gasteiger partial charge in [0.05, 0.1) is 12.8 Å². The molecule has 3 aromatic rings. The summed E-state index contributed by atoms with van der Waals surface area (Å²) < 4.78 is 5.14. The number of nitrogens with one attached hydrogen (secondary N) is 3. The summed E-state index contributed by atoms with van der Waals surface area (Å²) in [5.41, 5.74) is 0.771. The molecule has 3 rings (SSSR count). The van der Waals surface area contributed by atoms with Crippen LogP contribution in [0.3, 0.4) is 0 Å². The number of nitrogens with zero attached hydrogens (tertiary/aromatic N) is 1. The SMILES string of the molecule is O=C(Nc1cccc(Cl)c1)Nc1nc(C(=O)NCc2ccco2)cs1. The molecule has 3 N–H and O–H groups in total. The fourth-order valence-electron chi connectivity index (χ4n) is 1.93. The van der Waals surface area contributed by atoms with Gasteiger partial charge in [0, 0.05) is 16.1 Å². The number of benzene rings is 1. The Hall–Kier alpha value is -2.84. The highest BCUT2D eigenvalue weighted by atomic mass is 35.5. The van der Waals surface area contributed by atoms with Gasteiger partial charge in [-0.2, -0.15) is 0 Å². The first-order valence-corrected chi connectivity index (χ1v) is 8.45. The largest absolute Gasteiger partial charge is 0.467 e. The molecule has 128 valence electrons. The van der Waals surface area contributed by atoms with Crippen molar-refractivity contribution in [1.29, 1.82) is 0 Å². The lowest BCUT2D eigenvalue weighted by atomic mass is 10.3. The molecule has 2 heterocycles. The number of halogens is 1. The summed E-state index contributed by atoms with van der Waals surface area (Å²) in [6.07, 6.45) is 1.53. The van der Waals surface area contributed by atoms with Crippen LogP contribution in [0.4, 0.5) is 15.6 Å². The number of hydrogen-bond donors (Lipinski definition) is 3. The van der Waals surface area contributed by atoms with Crippen molar-refractivity contribution in [3.63, 3.8) is 0 Å². The van der Waals surface area contributed by atoms with Crippen LogP contribution in [0.25, 0.3) is 0 Å². The third-order valence-corrected chi connectivity index (χ3v) is 4.04. The lowest BCUT2D eigenvalue weighted by Gasteiger charge is -2.05. The van der Waals surface area contributed by atoms with Gasteiger partial charge >= 0.3 is 6.03 Å². The van der Waals surface area contributed by atoms with Gasteiger partial charge in [-0.15, -0.1) is 11.3 Å². The number of carbonyl (C=O) groups excluding carboxylic acids is 2. The highest BCUT2D eigenvalue weighted by molar-refractivity contribution is 7.14. The second kappa shape index (κ2) is 7.82. The van der Waals surface area contributed by atoms with Gasteiger partial charge in [-0.25, -0.2) is 9.78 Å². The summed E-state index contributed by atoms with van der Waals surface area (Å²) in [6.45, 7) is 0.265. The van der Waals surface area contributed by atoms with Crippen LogP contribution in [0.2, 0.25) is 5.02 Å². The van der Waals surface area contributed by atoms with Crippen molar-refractivity contribution in [2.75, 3.05) is 10.6 Å². The zero-order valence-electron chi connectivity index (χ0n) is 12.8. The molecule has 7 nitrogen and oxygen atoms in total. The van der Waals surface area contributed by atoms with E-state index < -0.39 is 6.03 Å². The van der Waals surface area contributed by atoms with E-state index in [0.717, 1.165) is 11.3 Å². The molecule has 25 heavy (non-hydrogen) atoms. The minimum absolute atomic E-state index is 0.217. The van der Waals surface area contributed by atoms with Crippen molar-refractivity contribution in [3.8, 4) is 0 Å². The third kappa shape index (κ3) is 4.82. The van der Waals surface area contributed by atoms with Gasteiger partial charge in [0.1, 0.15) is 11.5 Å². The van der Waals surface area contributed by atoms with E-state index in [9.17, 15) is 9.59 Å². The zero-order valence-corrected chi connectivity index (χ0v) is 14.4. The van der Waals surface area contributed by atoms with Crippen LogP contribution >= 0.6 is 22.9 Å². The summed E-state index contributed by atoms with van der Waals surface area (Å²) in [5, 5.41) is 10.3. The quantitative estimate of drug-likeness (QED) is 0.627. The Morgan fingerprint density at radius 2 is 2.08 bits per heavy atom. The molecular formula is C16H13ClN4O3S. The molecule has 0 radical (unpaired) electrons.